The third-order valence-corrected chi connectivity index (χ3v) is 9.19. The SMILES string of the molecule is Bc1ccc2c3c4c5ccc(B)cc5n(-c5ccc6ccccc6c5)c4ccc3n(-c3ccc(-c4ccccc4)cc3)c2c1. The molecule has 7 aromatic carbocycles. The highest BCUT2D eigenvalue weighted by molar-refractivity contribution is 6.36. The molecular formula is C40H28B2N2. The molecule has 0 saturated carbocycles. The molecular weight excluding hydrogens is 530 g/mol. The maximum atomic E-state index is 2.45. The van der Waals surface area contributed by atoms with Gasteiger partial charge in [0.05, 0.1) is 22.1 Å². The van der Waals surface area contributed by atoms with Gasteiger partial charge in [-0.15, -0.1) is 0 Å². The Bertz CT molecular complexity index is 2560. The molecule has 0 bridgehead atoms. The number of benzene rings is 7. The standard InChI is InChI=1S/C40H28B2N2/c41-29-13-18-33-37(23-29)43(31-15-10-27(11-16-31)25-6-2-1-3-7-25)35-20-21-36-40(39(33)35)34-19-14-30(42)24-38(34)44(36)32-17-12-26-8-4-5-9-28(26)22-32/h1-24H,41-42H2. The first-order valence-electron chi connectivity index (χ1n) is 15.3. The zero-order chi connectivity index (χ0) is 29.4. The van der Waals surface area contributed by atoms with Crippen molar-refractivity contribution in [2.45, 2.75) is 0 Å². The van der Waals surface area contributed by atoms with E-state index in [1.165, 1.54) is 87.8 Å². The molecule has 0 atom stereocenters. The first-order valence-corrected chi connectivity index (χ1v) is 15.3. The summed E-state index contributed by atoms with van der Waals surface area (Å²) in [6, 6.07) is 53.5. The normalized spacial score (nSPS) is 11.8. The second-order valence-electron chi connectivity index (χ2n) is 12.0. The van der Waals surface area contributed by atoms with Gasteiger partial charge in [-0.25, -0.2) is 0 Å². The second-order valence-corrected chi connectivity index (χ2v) is 12.0. The molecule has 0 aliphatic carbocycles. The third-order valence-electron chi connectivity index (χ3n) is 9.19. The Balaban J connectivity index is 1.37. The summed E-state index contributed by atoms with van der Waals surface area (Å²) < 4.78 is 4.90. The first kappa shape index (κ1) is 25.1. The van der Waals surface area contributed by atoms with Crippen molar-refractivity contribution in [2.75, 3.05) is 0 Å². The smallest absolute Gasteiger partial charge is 0.139 e. The van der Waals surface area contributed by atoms with E-state index >= 15 is 0 Å². The van der Waals surface area contributed by atoms with Gasteiger partial charge < -0.3 is 9.13 Å². The van der Waals surface area contributed by atoms with Crippen molar-refractivity contribution < 1.29 is 0 Å². The molecule has 0 spiro atoms. The number of aromatic nitrogens is 2. The van der Waals surface area contributed by atoms with Crippen molar-refractivity contribution in [2.24, 2.45) is 0 Å². The van der Waals surface area contributed by atoms with Crippen LogP contribution in [0.5, 0.6) is 0 Å². The monoisotopic (exact) mass is 558 g/mol. The lowest BCUT2D eigenvalue weighted by molar-refractivity contribution is 1.17. The molecule has 2 nitrogen and oxygen atoms in total. The molecule has 0 N–H and O–H groups in total. The molecule has 9 aromatic rings. The molecule has 2 aromatic heterocycles. The number of rotatable bonds is 3. The maximum Gasteiger partial charge on any atom is 0.139 e. The van der Waals surface area contributed by atoms with Gasteiger partial charge in [0.25, 0.3) is 0 Å². The van der Waals surface area contributed by atoms with E-state index in [4.69, 9.17) is 0 Å². The highest BCUT2D eigenvalue weighted by Crippen LogP contribution is 2.42. The van der Waals surface area contributed by atoms with Crippen molar-refractivity contribution in [3.8, 4) is 22.5 Å². The van der Waals surface area contributed by atoms with E-state index in [0.29, 0.717) is 0 Å². The van der Waals surface area contributed by atoms with Crippen LogP contribution in [0.2, 0.25) is 0 Å². The van der Waals surface area contributed by atoms with E-state index in [1.54, 1.807) is 0 Å². The Morgan fingerprint density at radius 3 is 1.52 bits per heavy atom. The highest BCUT2D eigenvalue weighted by Gasteiger charge is 2.21. The van der Waals surface area contributed by atoms with Crippen LogP contribution in [-0.4, -0.2) is 24.8 Å². The van der Waals surface area contributed by atoms with Gasteiger partial charge in [-0.3, -0.25) is 0 Å². The Morgan fingerprint density at radius 1 is 0.364 bits per heavy atom. The fourth-order valence-corrected chi connectivity index (χ4v) is 7.14. The molecule has 44 heavy (non-hydrogen) atoms. The Kier molecular flexibility index (Phi) is 5.42. The summed E-state index contributed by atoms with van der Waals surface area (Å²) in [4.78, 5) is 0. The largest absolute Gasteiger partial charge is 0.309 e. The predicted molar refractivity (Wildman–Crippen MR) is 194 cm³/mol. The lowest BCUT2D eigenvalue weighted by Gasteiger charge is -2.11. The molecule has 0 amide bonds. The maximum absolute atomic E-state index is 2.45. The number of nitrogens with zero attached hydrogens (tertiary/aromatic N) is 2. The van der Waals surface area contributed by atoms with Gasteiger partial charge in [0.1, 0.15) is 15.7 Å². The van der Waals surface area contributed by atoms with Crippen LogP contribution >= 0.6 is 0 Å². The van der Waals surface area contributed by atoms with Gasteiger partial charge in [-0.1, -0.05) is 108 Å². The summed E-state index contributed by atoms with van der Waals surface area (Å²) in [5, 5.41) is 7.68. The number of hydrogen-bond acceptors (Lipinski definition) is 0. The molecule has 0 unspecified atom stereocenters. The van der Waals surface area contributed by atoms with E-state index in [0.717, 1.165) is 0 Å². The summed E-state index contributed by atoms with van der Waals surface area (Å²) >= 11 is 0. The molecule has 0 radical (unpaired) electrons. The van der Waals surface area contributed by atoms with Crippen LogP contribution in [0.1, 0.15) is 0 Å². The molecule has 0 fully saturated rings. The first-order chi connectivity index (χ1) is 21.6. The fourth-order valence-electron chi connectivity index (χ4n) is 7.14. The van der Waals surface area contributed by atoms with Crippen molar-refractivity contribution >= 4 is 81.0 Å². The second kappa shape index (κ2) is 9.52. The van der Waals surface area contributed by atoms with Crippen molar-refractivity contribution in [1.29, 1.82) is 0 Å². The molecule has 0 aliphatic rings. The average Bonchev–Trinajstić information content (AvgIpc) is 3.56. The summed E-state index contributed by atoms with van der Waals surface area (Å²) in [5.41, 5.74) is 12.3. The summed E-state index contributed by atoms with van der Waals surface area (Å²) in [6.07, 6.45) is 0. The van der Waals surface area contributed by atoms with Crippen LogP contribution in [0.4, 0.5) is 0 Å². The summed E-state index contributed by atoms with van der Waals surface area (Å²) in [5.74, 6) is 0. The summed E-state index contributed by atoms with van der Waals surface area (Å²) in [7, 11) is 4.37. The summed E-state index contributed by atoms with van der Waals surface area (Å²) in [6.45, 7) is 0. The highest BCUT2D eigenvalue weighted by atomic mass is 15.0. The molecule has 2 heterocycles. The van der Waals surface area contributed by atoms with Crippen LogP contribution < -0.4 is 10.9 Å². The van der Waals surface area contributed by atoms with Crippen molar-refractivity contribution in [3.05, 3.63) is 146 Å². The van der Waals surface area contributed by atoms with Gasteiger partial charge >= 0.3 is 0 Å². The Hall–Kier alpha value is -5.47. The number of fused-ring (bicyclic) bond motifs is 8. The molecule has 4 heteroatoms. The minimum absolute atomic E-state index is 1.17. The van der Waals surface area contributed by atoms with Gasteiger partial charge in [0.2, 0.25) is 0 Å². The minimum atomic E-state index is 1.17. The van der Waals surface area contributed by atoms with Gasteiger partial charge in [0.15, 0.2) is 0 Å². The van der Waals surface area contributed by atoms with Crippen LogP contribution in [-0.2, 0) is 0 Å². The van der Waals surface area contributed by atoms with E-state index in [1.807, 2.05) is 0 Å². The lowest BCUT2D eigenvalue weighted by atomic mass is 9.93. The molecule has 0 saturated heterocycles. The van der Waals surface area contributed by atoms with E-state index in [9.17, 15) is 0 Å². The number of hydrogen-bond donors (Lipinski definition) is 0. The minimum Gasteiger partial charge on any atom is -0.309 e. The van der Waals surface area contributed by atoms with Crippen molar-refractivity contribution in [3.63, 3.8) is 0 Å². The zero-order valence-electron chi connectivity index (χ0n) is 24.8. The van der Waals surface area contributed by atoms with Crippen molar-refractivity contribution in [1.82, 2.24) is 9.13 Å². The Morgan fingerprint density at radius 2 is 0.886 bits per heavy atom. The van der Waals surface area contributed by atoms with E-state index < -0.39 is 0 Å². The quantitative estimate of drug-likeness (QED) is 0.203. The van der Waals surface area contributed by atoms with Gasteiger partial charge in [-0.2, -0.15) is 0 Å². The van der Waals surface area contributed by atoms with Crippen LogP contribution in [0.15, 0.2) is 146 Å². The van der Waals surface area contributed by atoms with E-state index in [2.05, 4.69) is 170 Å². The topological polar surface area (TPSA) is 9.86 Å². The lowest BCUT2D eigenvalue weighted by Crippen LogP contribution is -2.02. The van der Waals surface area contributed by atoms with Gasteiger partial charge in [-0.05, 0) is 70.4 Å². The fraction of sp³-hybridized carbons (Fsp3) is 0. The Labute approximate surface area is 257 Å². The molecule has 204 valence electrons. The molecule has 9 rings (SSSR count). The predicted octanol–water partition coefficient (Wildman–Crippen LogP) is 7.22. The average molecular weight is 558 g/mol. The van der Waals surface area contributed by atoms with E-state index in [-0.39, 0.29) is 0 Å². The third kappa shape index (κ3) is 3.71. The van der Waals surface area contributed by atoms with Crippen LogP contribution in [0.25, 0.3) is 76.9 Å². The van der Waals surface area contributed by atoms with Gasteiger partial charge in [0, 0.05) is 32.9 Å². The zero-order valence-corrected chi connectivity index (χ0v) is 24.8. The van der Waals surface area contributed by atoms with Crippen LogP contribution in [0.3, 0.4) is 0 Å². The van der Waals surface area contributed by atoms with Crippen LogP contribution in [0, 0.1) is 0 Å². The molecule has 0 aliphatic heterocycles.